The summed E-state index contributed by atoms with van der Waals surface area (Å²) in [6.45, 7) is 3.29. The van der Waals surface area contributed by atoms with Gasteiger partial charge >= 0.3 is 0 Å². The van der Waals surface area contributed by atoms with Gasteiger partial charge in [0.25, 0.3) is 0 Å². The lowest BCUT2D eigenvalue weighted by Crippen LogP contribution is -2.33. The van der Waals surface area contributed by atoms with Gasteiger partial charge in [0.1, 0.15) is 0 Å². The van der Waals surface area contributed by atoms with Crippen LogP contribution in [-0.4, -0.2) is 29.6 Å². The lowest BCUT2D eigenvalue weighted by molar-refractivity contribution is 0.549. The Hall–Kier alpha value is -0.840. The van der Waals surface area contributed by atoms with Crippen molar-refractivity contribution in [2.24, 2.45) is 0 Å². The predicted octanol–water partition coefficient (Wildman–Crippen LogP) is 4.08. The maximum absolute atomic E-state index is 4.78. The van der Waals surface area contributed by atoms with E-state index in [9.17, 15) is 0 Å². The Kier molecular flexibility index (Phi) is 6.57. The van der Waals surface area contributed by atoms with Crippen LogP contribution in [0, 0.1) is 0 Å². The van der Waals surface area contributed by atoms with Gasteiger partial charge in [-0.1, -0.05) is 37.3 Å². The lowest BCUT2D eigenvalue weighted by atomic mass is 10.2. The zero-order valence-corrected chi connectivity index (χ0v) is 13.8. The van der Waals surface area contributed by atoms with Crippen molar-refractivity contribution < 1.29 is 0 Å². The van der Waals surface area contributed by atoms with Crippen LogP contribution in [0.5, 0.6) is 0 Å². The van der Waals surface area contributed by atoms with E-state index in [0.717, 1.165) is 24.4 Å². The number of benzene rings is 1. The maximum Gasteiger partial charge on any atom is 0.0948 e. The van der Waals surface area contributed by atoms with E-state index in [1.54, 1.807) is 11.3 Å². The minimum absolute atomic E-state index is 0.528. The number of thiazole rings is 1. The van der Waals surface area contributed by atoms with E-state index in [2.05, 4.69) is 48.1 Å². The fourth-order valence-electron chi connectivity index (χ4n) is 2.10. The molecule has 2 aromatic rings. The second-order valence-electron chi connectivity index (χ2n) is 4.80. The molecule has 108 valence electrons. The third-order valence-electron chi connectivity index (χ3n) is 3.09. The summed E-state index contributed by atoms with van der Waals surface area (Å²) in [6.07, 6.45) is 4.37. The molecular formula is C16H22N2S2. The number of thioether (sulfide) groups is 1. The molecule has 0 bridgehead atoms. The van der Waals surface area contributed by atoms with Crippen LogP contribution in [0.1, 0.15) is 18.4 Å². The molecule has 1 aromatic carbocycles. The molecule has 0 saturated heterocycles. The van der Waals surface area contributed by atoms with E-state index in [1.807, 2.05) is 17.8 Å². The van der Waals surface area contributed by atoms with Crippen LogP contribution < -0.4 is 5.32 Å². The van der Waals surface area contributed by atoms with Crippen LogP contribution in [0.15, 0.2) is 35.7 Å². The minimum atomic E-state index is 0.528. The van der Waals surface area contributed by atoms with Gasteiger partial charge < -0.3 is 5.32 Å². The van der Waals surface area contributed by atoms with Crippen molar-refractivity contribution in [3.8, 4) is 11.3 Å². The van der Waals surface area contributed by atoms with Gasteiger partial charge in [-0.25, -0.2) is 4.98 Å². The van der Waals surface area contributed by atoms with Gasteiger partial charge in [-0.05, 0) is 19.2 Å². The van der Waals surface area contributed by atoms with Gasteiger partial charge in [-0.15, -0.1) is 11.3 Å². The summed E-state index contributed by atoms with van der Waals surface area (Å²) in [6, 6.07) is 10.9. The fourth-order valence-corrected chi connectivity index (χ4v) is 3.62. The first kappa shape index (κ1) is 15.5. The molecular weight excluding hydrogens is 284 g/mol. The molecule has 0 aliphatic carbocycles. The molecule has 0 radical (unpaired) electrons. The van der Waals surface area contributed by atoms with Crippen molar-refractivity contribution in [2.45, 2.75) is 25.8 Å². The fraction of sp³-hybridized carbons (Fsp3) is 0.438. The van der Waals surface area contributed by atoms with Crippen LogP contribution in [-0.2, 0) is 6.42 Å². The topological polar surface area (TPSA) is 24.9 Å². The summed E-state index contributed by atoms with van der Waals surface area (Å²) in [5.74, 6) is 1.14. The van der Waals surface area contributed by atoms with Crippen molar-refractivity contribution in [1.82, 2.24) is 10.3 Å². The van der Waals surface area contributed by atoms with Crippen molar-refractivity contribution >= 4 is 23.1 Å². The number of rotatable bonds is 8. The summed E-state index contributed by atoms with van der Waals surface area (Å²) in [5.41, 5.74) is 2.31. The standard InChI is InChI=1S/C16H22N2S2/c1-3-9-17-14(11-19-2)10-16-18-15(12-20-16)13-7-5-4-6-8-13/h4-8,12,14,17H,3,9-11H2,1-2H3. The van der Waals surface area contributed by atoms with Gasteiger partial charge in [0, 0.05) is 29.2 Å². The quantitative estimate of drug-likeness (QED) is 0.795. The number of nitrogens with zero attached hydrogens (tertiary/aromatic N) is 1. The van der Waals surface area contributed by atoms with Gasteiger partial charge in [-0.2, -0.15) is 11.8 Å². The summed E-state index contributed by atoms with van der Waals surface area (Å²) in [4.78, 5) is 4.78. The van der Waals surface area contributed by atoms with Crippen molar-refractivity contribution in [1.29, 1.82) is 0 Å². The highest BCUT2D eigenvalue weighted by Crippen LogP contribution is 2.22. The Bertz CT molecular complexity index is 496. The minimum Gasteiger partial charge on any atom is -0.313 e. The lowest BCUT2D eigenvalue weighted by Gasteiger charge is -2.15. The van der Waals surface area contributed by atoms with Crippen molar-refractivity contribution in [3.63, 3.8) is 0 Å². The largest absolute Gasteiger partial charge is 0.313 e. The van der Waals surface area contributed by atoms with Gasteiger partial charge in [0.05, 0.1) is 10.7 Å². The highest BCUT2D eigenvalue weighted by Gasteiger charge is 2.11. The second kappa shape index (κ2) is 8.45. The van der Waals surface area contributed by atoms with Crippen molar-refractivity contribution in [3.05, 3.63) is 40.7 Å². The maximum atomic E-state index is 4.78. The highest BCUT2D eigenvalue weighted by atomic mass is 32.2. The molecule has 0 aliphatic rings. The molecule has 0 fully saturated rings. The van der Waals surface area contributed by atoms with Crippen LogP contribution in [0.3, 0.4) is 0 Å². The number of hydrogen-bond donors (Lipinski definition) is 1. The monoisotopic (exact) mass is 306 g/mol. The van der Waals surface area contributed by atoms with Gasteiger partial charge in [0.2, 0.25) is 0 Å². The highest BCUT2D eigenvalue weighted by molar-refractivity contribution is 7.98. The molecule has 0 spiro atoms. The van der Waals surface area contributed by atoms with Crippen molar-refractivity contribution in [2.75, 3.05) is 18.6 Å². The van der Waals surface area contributed by atoms with Crippen LogP contribution in [0.2, 0.25) is 0 Å². The molecule has 1 unspecified atom stereocenters. The summed E-state index contributed by atoms with van der Waals surface area (Å²) < 4.78 is 0. The Morgan fingerprint density at radius 2 is 2.10 bits per heavy atom. The summed E-state index contributed by atoms with van der Waals surface area (Å²) in [7, 11) is 0. The van der Waals surface area contributed by atoms with E-state index in [0.29, 0.717) is 6.04 Å². The molecule has 1 aromatic heterocycles. The first-order valence-electron chi connectivity index (χ1n) is 7.05. The zero-order chi connectivity index (χ0) is 14.2. The van der Waals surface area contributed by atoms with E-state index in [1.165, 1.54) is 17.0 Å². The average molecular weight is 306 g/mol. The number of aromatic nitrogens is 1. The third-order valence-corrected chi connectivity index (χ3v) is 4.70. The molecule has 2 nitrogen and oxygen atoms in total. The second-order valence-corrected chi connectivity index (χ2v) is 6.66. The molecule has 1 N–H and O–H groups in total. The molecule has 0 saturated carbocycles. The number of hydrogen-bond acceptors (Lipinski definition) is 4. The predicted molar refractivity (Wildman–Crippen MR) is 91.7 cm³/mol. The Balaban J connectivity index is 2.00. The Morgan fingerprint density at radius 3 is 2.80 bits per heavy atom. The first-order valence-corrected chi connectivity index (χ1v) is 9.33. The molecule has 1 heterocycles. The normalized spacial score (nSPS) is 12.5. The number of nitrogens with one attached hydrogen (secondary N) is 1. The molecule has 0 amide bonds. The van der Waals surface area contributed by atoms with E-state index in [4.69, 9.17) is 4.98 Å². The van der Waals surface area contributed by atoms with E-state index < -0.39 is 0 Å². The molecule has 1 atom stereocenters. The smallest absolute Gasteiger partial charge is 0.0948 e. The Labute approximate surface area is 130 Å². The average Bonchev–Trinajstić information content (AvgIpc) is 2.94. The molecule has 0 aliphatic heterocycles. The summed E-state index contributed by atoms with van der Waals surface area (Å²) >= 11 is 3.67. The van der Waals surface area contributed by atoms with E-state index >= 15 is 0 Å². The zero-order valence-electron chi connectivity index (χ0n) is 12.1. The third kappa shape index (κ3) is 4.62. The first-order chi connectivity index (χ1) is 9.83. The molecule has 2 rings (SSSR count). The van der Waals surface area contributed by atoms with Crippen LogP contribution in [0.25, 0.3) is 11.3 Å². The van der Waals surface area contributed by atoms with Crippen LogP contribution >= 0.6 is 23.1 Å². The SMILES string of the molecule is CCCNC(CSC)Cc1nc(-c2ccccc2)cs1. The van der Waals surface area contributed by atoms with E-state index in [-0.39, 0.29) is 0 Å². The molecule has 4 heteroatoms. The summed E-state index contributed by atoms with van der Waals surface area (Å²) in [5, 5.41) is 7.01. The van der Waals surface area contributed by atoms with Gasteiger partial charge in [-0.3, -0.25) is 0 Å². The van der Waals surface area contributed by atoms with Gasteiger partial charge in [0.15, 0.2) is 0 Å². The van der Waals surface area contributed by atoms with Crippen LogP contribution in [0.4, 0.5) is 0 Å². The Morgan fingerprint density at radius 1 is 1.30 bits per heavy atom. The molecule has 20 heavy (non-hydrogen) atoms.